The van der Waals surface area contributed by atoms with Crippen LogP contribution in [0.15, 0.2) is 0 Å². The van der Waals surface area contributed by atoms with Gasteiger partial charge >= 0.3 is 0 Å². The van der Waals surface area contributed by atoms with Gasteiger partial charge in [-0.05, 0) is 0 Å². The molecule has 0 amide bonds. The van der Waals surface area contributed by atoms with Gasteiger partial charge in [-0.25, -0.2) is 0 Å². The molecular weight excluding hydrogens is 96.0 g/mol. The molecule has 0 saturated heterocycles. The Morgan fingerprint density at radius 1 is 1.14 bits per heavy atom. The topological polar surface area (TPSA) is 73.8 Å². The number of rotatable bonds is 0. The Morgan fingerprint density at radius 3 is 1.14 bits per heavy atom. The highest BCUT2D eigenvalue weighted by Crippen LogP contribution is 1.77. The summed E-state index contributed by atoms with van der Waals surface area (Å²) in [6.07, 6.45) is 0. The molecule has 7 heavy (non-hydrogen) atoms. The van der Waals surface area contributed by atoms with Crippen LogP contribution in [0.5, 0.6) is 0 Å². The molecule has 0 aliphatic rings. The smallest absolute Gasteiger partial charge is 0.0674 e. The van der Waals surface area contributed by atoms with Crippen molar-refractivity contribution >= 4 is 0 Å². The molecule has 46 valence electrons. The van der Waals surface area contributed by atoms with Crippen LogP contribution in [0.4, 0.5) is 0 Å². The maximum Gasteiger partial charge on any atom is 0.0674 e. The molecule has 3 N–H and O–H groups in total. The molecule has 4 heteroatoms. The SMILES string of the molecule is C[N+](C)(C)[O-].[NH3+][O-]. The number of hydroxylamine groups is 3. The van der Waals surface area contributed by atoms with Crippen molar-refractivity contribution in [3.8, 4) is 0 Å². The Balaban J connectivity index is 0. The summed E-state index contributed by atoms with van der Waals surface area (Å²) in [5.41, 5.74) is 0. The summed E-state index contributed by atoms with van der Waals surface area (Å²) in [5, 5.41) is 18.0. The average molecular weight is 108 g/mol. The molecule has 0 heterocycles. The largest absolute Gasteiger partial charge is 0.637 e. The van der Waals surface area contributed by atoms with E-state index >= 15 is 0 Å². The van der Waals surface area contributed by atoms with Crippen molar-refractivity contribution in [2.24, 2.45) is 0 Å². The second kappa shape index (κ2) is 4.01. The van der Waals surface area contributed by atoms with E-state index in [-0.39, 0.29) is 4.65 Å². The van der Waals surface area contributed by atoms with Crippen LogP contribution in [0.25, 0.3) is 0 Å². The highest BCUT2D eigenvalue weighted by Gasteiger charge is 1.79. The number of quaternary nitrogens is 2. The third kappa shape index (κ3) is 3360. The zero-order valence-corrected chi connectivity index (χ0v) is 4.97. The number of hydrogen-bond acceptors (Lipinski definition) is 2. The molecular formula is C3H12N2O2. The molecule has 0 saturated carbocycles. The predicted molar refractivity (Wildman–Crippen MR) is 27.7 cm³/mol. The van der Waals surface area contributed by atoms with Crippen molar-refractivity contribution in [2.45, 2.75) is 0 Å². The molecule has 0 unspecified atom stereocenters. The maximum absolute atomic E-state index is 10.0. The van der Waals surface area contributed by atoms with E-state index in [4.69, 9.17) is 5.21 Å². The normalized spacial score (nSPS) is 9.43. The van der Waals surface area contributed by atoms with Crippen LogP contribution in [0.3, 0.4) is 0 Å². The minimum absolute atomic E-state index is 0.250. The van der Waals surface area contributed by atoms with Gasteiger partial charge in [0.1, 0.15) is 0 Å². The maximum atomic E-state index is 10.0. The Bertz CT molecular complexity index is 26.4. The van der Waals surface area contributed by atoms with Crippen LogP contribution in [0.2, 0.25) is 0 Å². The van der Waals surface area contributed by atoms with Gasteiger partial charge in [-0.2, -0.15) is 0 Å². The highest BCUT2D eigenvalue weighted by atomic mass is 16.5. The molecule has 4 nitrogen and oxygen atoms in total. The van der Waals surface area contributed by atoms with E-state index in [0.717, 1.165) is 0 Å². The second-order valence-electron chi connectivity index (χ2n) is 1.89. The molecule has 0 spiro atoms. The van der Waals surface area contributed by atoms with Crippen molar-refractivity contribution in [3.63, 3.8) is 0 Å². The van der Waals surface area contributed by atoms with E-state index in [1.54, 1.807) is 21.1 Å². The van der Waals surface area contributed by atoms with Crippen molar-refractivity contribution in [1.82, 2.24) is 0 Å². The zero-order chi connectivity index (χ0) is 6.50. The Kier molecular flexibility index (Phi) is 5.71. The van der Waals surface area contributed by atoms with Crippen molar-refractivity contribution in [2.75, 3.05) is 21.1 Å². The summed E-state index contributed by atoms with van der Waals surface area (Å²) in [5.74, 6) is 2.00. The van der Waals surface area contributed by atoms with Gasteiger partial charge in [0.15, 0.2) is 0 Å². The number of hydrogen-bond donors (Lipinski definition) is 1. The zero-order valence-electron chi connectivity index (χ0n) is 4.97. The summed E-state index contributed by atoms with van der Waals surface area (Å²) >= 11 is 0. The van der Waals surface area contributed by atoms with Crippen molar-refractivity contribution in [1.29, 1.82) is 0 Å². The van der Waals surface area contributed by atoms with Gasteiger partial charge in [0.05, 0.1) is 21.1 Å². The van der Waals surface area contributed by atoms with Gasteiger partial charge in [0.25, 0.3) is 0 Å². The fraction of sp³-hybridized carbons (Fsp3) is 1.00. The van der Waals surface area contributed by atoms with E-state index in [1.165, 1.54) is 0 Å². The van der Waals surface area contributed by atoms with Gasteiger partial charge < -0.3 is 21.0 Å². The van der Waals surface area contributed by atoms with Gasteiger partial charge in [0, 0.05) is 0 Å². The van der Waals surface area contributed by atoms with E-state index in [2.05, 4.69) is 0 Å². The summed E-state index contributed by atoms with van der Waals surface area (Å²) in [6, 6.07) is 0. The van der Waals surface area contributed by atoms with Crippen LogP contribution < -0.4 is 5.90 Å². The monoisotopic (exact) mass is 108 g/mol. The average Bonchev–Trinajstić information content (AvgIpc) is 1.36. The summed E-state index contributed by atoms with van der Waals surface area (Å²) < 4.78 is -0.250. The summed E-state index contributed by atoms with van der Waals surface area (Å²) in [6.45, 7) is 0. The fourth-order valence-corrected chi connectivity index (χ4v) is 0. The predicted octanol–water partition coefficient (Wildman–Crippen LogP) is -1.08. The highest BCUT2D eigenvalue weighted by molar-refractivity contribution is 4.05. The summed E-state index contributed by atoms with van der Waals surface area (Å²) in [4.78, 5) is 0. The van der Waals surface area contributed by atoms with Crippen LogP contribution in [-0.4, -0.2) is 25.8 Å². The first-order chi connectivity index (χ1) is 3.00. The lowest BCUT2D eigenvalue weighted by Gasteiger charge is -2.27. The molecule has 0 radical (unpaired) electrons. The van der Waals surface area contributed by atoms with E-state index < -0.39 is 0 Å². The first-order valence-electron chi connectivity index (χ1n) is 1.81. The molecule has 0 aliphatic carbocycles. The molecule has 0 aliphatic heterocycles. The fourth-order valence-electron chi connectivity index (χ4n) is 0. The standard InChI is InChI=1S/C3H9NO.H3NO/c1-4(2,3)5;1-2/h1-3H3;1H3. The lowest BCUT2D eigenvalue weighted by Crippen LogP contribution is -2.37. The van der Waals surface area contributed by atoms with E-state index in [0.29, 0.717) is 0 Å². The number of nitrogens with zero attached hydrogens (tertiary/aromatic N) is 1. The van der Waals surface area contributed by atoms with Crippen LogP contribution in [0.1, 0.15) is 0 Å². The molecule has 0 atom stereocenters. The van der Waals surface area contributed by atoms with E-state index in [9.17, 15) is 5.21 Å². The van der Waals surface area contributed by atoms with Gasteiger partial charge in [0.2, 0.25) is 0 Å². The van der Waals surface area contributed by atoms with Gasteiger partial charge in [-0.1, -0.05) is 0 Å². The first kappa shape index (κ1) is 9.96. The summed E-state index contributed by atoms with van der Waals surface area (Å²) in [7, 11) is 4.71. The van der Waals surface area contributed by atoms with Gasteiger partial charge in [-0.15, -0.1) is 0 Å². The second-order valence-corrected chi connectivity index (χ2v) is 1.89. The third-order valence-corrected chi connectivity index (χ3v) is 0. The van der Waals surface area contributed by atoms with Crippen LogP contribution >= 0.6 is 0 Å². The first-order valence-corrected chi connectivity index (χ1v) is 1.81. The van der Waals surface area contributed by atoms with Crippen molar-refractivity contribution < 1.29 is 10.5 Å². The van der Waals surface area contributed by atoms with E-state index in [1.807, 2.05) is 5.90 Å². The molecule has 0 bridgehead atoms. The molecule has 0 rings (SSSR count). The lowest BCUT2D eigenvalue weighted by molar-refractivity contribution is -0.818. The lowest BCUT2D eigenvalue weighted by atomic mass is 11.0. The minimum Gasteiger partial charge on any atom is -0.637 e. The van der Waals surface area contributed by atoms with Gasteiger partial charge in [-0.3, -0.25) is 0 Å². The molecule has 0 aromatic carbocycles. The van der Waals surface area contributed by atoms with Crippen LogP contribution in [0, 0.1) is 10.4 Å². The van der Waals surface area contributed by atoms with Crippen LogP contribution in [-0.2, 0) is 0 Å². The Labute approximate surface area is 43.3 Å². The molecule has 0 aromatic heterocycles. The third-order valence-electron chi connectivity index (χ3n) is 0. The minimum atomic E-state index is -0.250. The van der Waals surface area contributed by atoms with Crippen molar-refractivity contribution in [3.05, 3.63) is 10.4 Å². The molecule has 0 fully saturated rings. The quantitative estimate of drug-likeness (QED) is 0.316. The molecule has 0 aromatic rings. The Morgan fingerprint density at radius 2 is 1.14 bits per heavy atom. The Hall–Kier alpha value is -0.160.